The molecule has 0 fully saturated rings. The van der Waals surface area contributed by atoms with E-state index in [1.807, 2.05) is 0 Å². The summed E-state index contributed by atoms with van der Waals surface area (Å²) in [5.74, 6) is 1.02. The van der Waals surface area contributed by atoms with Crippen molar-refractivity contribution in [2.45, 2.75) is 0 Å². The predicted molar refractivity (Wildman–Crippen MR) is 80.7 cm³/mol. The molecule has 1 rings (SSSR count). The Morgan fingerprint density at radius 1 is 1.14 bits per heavy atom. The summed E-state index contributed by atoms with van der Waals surface area (Å²) in [5.41, 5.74) is 10.9. The zero-order chi connectivity index (χ0) is 15.7. The summed E-state index contributed by atoms with van der Waals surface area (Å²) in [5, 5.41) is 23.8. The third kappa shape index (κ3) is 5.77. The van der Waals surface area contributed by atoms with E-state index in [0.717, 1.165) is 0 Å². The van der Waals surface area contributed by atoms with Gasteiger partial charge in [0, 0.05) is 26.2 Å². The van der Waals surface area contributed by atoms with Crippen LogP contribution in [0.5, 0.6) is 0 Å². The van der Waals surface area contributed by atoms with Gasteiger partial charge in [-0.15, -0.1) is 0 Å². The highest BCUT2D eigenvalue weighted by atomic mass is 16.3. The summed E-state index contributed by atoms with van der Waals surface area (Å²) in [6.45, 7) is 4.81. The number of hydrogen-bond donors (Lipinski definition) is 6. The van der Waals surface area contributed by atoms with Crippen LogP contribution in [0.2, 0.25) is 0 Å². The van der Waals surface area contributed by atoms with Crippen LogP contribution in [0.25, 0.3) is 0 Å². The van der Waals surface area contributed by atoms with Gasteiger partial charge in [0.1, 0.15) is 0 Å². The normalized spacial score (nSPS) is 10.2. The number of rotatable bonds is 10. The number of nitrogens with two attached hydrogens (primary N) is 2. The molecule has 1 aromatic rings. The van der Waals surface area contributed by atoms with Crippen LogP contribution in [0.1, 0.15) is 0 Å². The maximum atomic E-state index is 9.07. The van der Waals surface area contributed by atoms with E-state index in [-0.39, 0.29) is 38.1 Å². The minimum atomic E-state index is -0.0936. The summed E-state index contributed by atoms with van der Waals surface area (Å²) < 4.78 is 0. The Hall–Kier alpha value is -2.17. The number of aliphatic hydroxyl groups is 2. The molecule has 0 aliphatic rings. The van der Waals surface area contributed by atoms with E-state index in [1.54, 1.807) is 4.90 Å². The van der Waals surface area contributed by atoms with Gasteiger partial charge in [0.25, 0.3) is 0 Å². The highest BCUT2D eigenvalue weighted by Crippen LogP contribution is 2.13. The van der Waals surface area contributed by atoms with Crippen molar-refractivity contribution in [2.24, 2.45) is 11.5 Å². The van der Waals surface area contributed by atoms with Gasteiger partial charge < -0.3 is 37.2 Å². The van der Waals surface area contributed by atoms with Crippen LogP contribution in [-0.2, 0) is 0 Å². The third-order valence-corrected chi connectivity index (χ3v) is 2.35. The average molecular weight is 298 g/mol. The molecule has 0 aliphatic heterocycles. The first-order valence-electron chi connectivity index (χ1n) is 6.48. The van der Waals surface area contributed by atoms with E-state index >= 15 is 0 Å². The largest absolute Gasteiger partial charge is 0.395 e. The van der Waals surface area contributed by atoms with Crippen molar-refractivity contribution in [3.05, 3.63) is 12.4 Å². The molecule has 0 bridgehead atoms. The molecule has 0 radical (unpaired) electrons. The van der Waals surface area contributed by atoms with Crippen LogP contribution in [-0.4, -0.2) is 64.6 Å². The second-order valence-corrected chi connectivity index (χ2v) is 4.08. The number of nitrogens with zero attached hydrogens (tertiary/aromatic N) is 4. The highest BCUT2D eigenvalue weighted by molar-refractivity contribution is 5.45. The molecule has 0 unspecified atom stereocenters. The fourth-order valence-corrected chi connectivity index (χ4v) is 1.52. The van der Waals surface area contributed by atoms with Crippen molar-refractivity contribution in [1.82, 2.24) is 15.0 Å². The van der Waals surface area contributed by atoms with Gasteiger partial charge in [-0.2, -0.15) is 15.0 Å². The quantitative estimate of drug-likeness (QED) is 0.282. The minimum Gasteiger partial charge on any atom is -0.395 e. The van der Waals surface area contributed by atoms with Crippen molar-refractivity contribution >= 4 is 17.8 Å². The fourth-order valence-electron chi connectivity index (χ4n) is 1.52. The number of anilines is 3. The molecular formula is C11H22N8O2. The molecule has 0 spiro atoms. The average Bonchev–Trinajstić information content (AvgIpc) is 2.44. The lowest BCUT2D eigenvalue weighted by Crippen LogP contribution is -2.32. The number of aliphatic hydroxyl groups excluding tert-OH is 2. The van der Waals surface area contributed by atoms with Gasteiger partial charge in [0.05, 0.1) is 19.0 Å². The van der Waals surface area contributed by atoms with Gasteiger partial charge in [0.2, 0.25) is 17.8 Å². The van der Waals surface area contributed by atoms with E-state index in [4.69, 9.17) is 21.7 Å². The van der Waals surface area contributed by atoms with Crippen LogP contribution in [0.15, 0.2) is 12.4 Å². The zero-order valence-corrected chi connectivity index (χ0v) is 11.8. The van der Waals surface area contributed by atoms with Crippen LogP contribution >= 0.6 is 0 Å². The van der Waals surface area contributed by atoms with Crippen molar-refractivity contribution in [2.75, 3.05) is 54.9 Å². The topological polar surface area (TPSA) is 158 Å². The maximum absolute atomic E-state index is 9.07. The van der Waals surface area contributed by atoms with Crippen LogP contribution < -0.4 is 27.0 Å². The summed E-state index contributed by atoms with van der Waals surface area (Å²) in [7, 11) is 0. The van der Waals surface area contributed by atoms with Crippen LogP contribution in [0.4, 0.5) is 17.8 Å². The molecule has 8 N–H and O–H groups in total. The molecule has 0 aromatic carbocycles. The molecule has 0 saturated carbocycles. The first kappa shape index (κ1) is 16.9. The Bertz CT molecular complexity index is 450. The number of nitrogens with one attached hydrogen (secondary N) is 2. The Kier molecular flexibility index (Phi) is 7.15. The molecule has 1 heterocycles. The lowest BCUT2D eigenvalue weighted by atomic mass is 10.5. The monoisotopic (exact) mass is 298 g/mol. The number of aromatic nitrogens is 3. The summed E-state index contributed by atoms with van der Waals surface area (Å²) >= 11 is 0. The van der Waals surface area contributed by atoms with Gasteiger partial charge in [-0.3, -0.25) is 0 Å². The second-order valence-electron chi connectivity index (χ2n) is 4.08. The lowest BCUT2D eigenvalue weighted by Gasteiger charge is -2.21. The van der Waals surface area contributed by atoms with Crippen molar-refractivity contribution < 1.29 is 10.2 Å². The summed E-state index contributed by atoms with van der Waals surface area (Å²) in [4.78, 5) is 14.1. The molecule has 0 aliphatic carbocycles. The van der Waals surface area contributed by atoms with Gasteiger partial charge in [-0.25, -0.2) is 0 Å². The van der Waals surface area contributed by atoms with Crippen molar-refractivity contribution in [3.63, 3.8) is 0 Å². The fraction of sp³-hybridized carbons (Fsp3) is 0.545. The van der Waals surface area contributed by atoms with E-state index in [1.165, 1.54) is 0 Å². The lowest BCUT2D eigenvalue weighted by molar-refractivity contribution is 0.280. The van der Waals surface area contributed by atoms with Crippen LogP contribution in [0, 0.1) is 0 Å². The summed E-state index contributed by atoms with van der Waals surface area (Å²) in [6, 6.07) is 0. The van der Waals surface area contributed by atoms with E-state index in [0.29, 0.717) is 25.0 Å². The molecular weight excluding hydrogens is 276 g/mol. The SMILES string of the molecule is C=C(N)Nc1nc(NCCN)nc(N(CCO)CCO)n1. The molecule has 1 aromatic heterocycles. The first-order chi connectivity index (χ1) is 10.1. The first-order valence-corrected chi connectivity index (χ1v) is 6.48. The Morgan fingerprint density at radius 3 is 2.29 bits per heavy atom. The van der Waals surface area contributed by atoms with E-state index in [2.05, 4.69) is 32.2 Å². The molecule has 10 heteroatoms. The number of hydrogen-bond acceptors (Lipinski definition) is 10. The Labute approximate surface area is 122 Å². The van der Waals surface area contributed by atoms with Crippen molar-refractivity contribution in [3.8, 4) is 0 Å². The minimum absolute atomic E-state index is 0.0936. The molecule has 0 saturated heterocycles. The highest BCUT2D eigenvalue weighted by Gasteiger charge is 2.13. The standard InChI is InChI=1S/C11H22N8O2/c1-8(13)15-10-16-9(14-3-2-12)17-11(18-10)19(4-6-20)5-7-21/h20-21H,1-7,12-13H2,(H2,14,15,16,17,18). The molecule has 0 amide bonds. The second kappa shape index (κ2) is 8.89. The molecule has 21 heavy (non-hydrogen) atoms. The van der Waals surface area contributed by atoms with Gasteiger partial charge >= 0.3 is 0 Å². The molecule has 10 nitrogen and oxygen atoms in total. The van der Waals surface area contributed by atoms with E-state index in [9.17, 15) is 0 Å². The van der Waals surface area contributed by atoms with Gasteiger partial charge in [-0.05, 0) is 0 Å². The van der Waals surface area contributed by atoms with Gasteiger partial charge in [-0.1, -0.05) is 6.58 Å². The third-order valence-electron chi connectivity index (χ3n) is 2.35. The molecule has 118 valence electrons. The van der Waals surface area contributed by atoms with E-state index < -0.39 is 0 Å². The zero-order valence-electron chi connectivity index (χ0n) is 11.8. The predicted octanol–water partition coefficient (Wildman–Crippen LogP) is -2.12. The van der Waals surface area contributed by atoms with Gasteiger partial charge in [0.15, 0.2) is 0 Å². The van der Waals surface area contributed by atoms with Crippen LogP contribution in [0.3, 0.4) is 0 Å². The van der Waals surface area contributed by atoms with Crippen molar-refractivity contribution in [1.29, 1.82) is 0 Å². The smallest absolute Gasteiger partial charge is 0.234 e. The summed E-state index contributed by atoms with van der Waals surface area (Å²) in [6.07, 6.45) is 0. The maximum Gasteiger partial charge on any atom is 0.234 e. The Morgan fingerprint density at radius 2 is 1.76 bits per heavy atom. The molecule has 0 atom stereocenters. The Balaban J connectivity index is 3.05.